The molecule has 1 atom stereocenters. The summed E-state index contributed by atoms with van der Waals surface area (Å²) in [4.78, 5) is 6.40. The highest BCUT2D eigenvalue weighted by atomic mass is 16.3. The molecule has 0 spiro atoms. The minimum atomic E-state index is -0.840. The highest BCUT2D eigenvalue weighted by molar-refractivity contribution is 5.79. The zero-order valence-electron chi connectivity index (χ0n) is 13.5. The second-order valence-electron chi connectivity index (χ2n) is 5.69. The largest absolute Gasteiger partial charge is 0.469 e. The molecule has 6 heteroatoms. The highest BCUT2D eigenvalue weighted by Gasteiger charge is 2.20. The number of aliphatic hydroxyl groups is 1. The average Bonchev–Trinajstić information content (AvgIpc) is 2.87. The van der Waals surface area contributed by atoms with E-state index in [4.69, 9.17) is 4.42 Å². The first-order chi connectivity index (χ1) is 9.93. The van der Waals surface area contributed by atoms with E-state index >= 15 is 0 Å². The summed E-state index contributed by atoms with van der Waals surface area (Å²) in [6, 6.07) is 3.83. The summed E-state index contributed by atoms with van der Waals surface area (Å²) >= 11 is 0. The lowest BCUT2D eigenvalue weighted by Gasteiger charge is -2.25. The van der Waals surface area contributed by atoms with Crippen LogP contribution in [0.15, 0.2) is 27.8 Å². The Labute approximate surface area is 127 Å². The molecule has 1 rings (SSSR count). The Balaban J connectivity index is 2.45. The SMILES string of the molecule is CCNC(=NCC(C)(O)CN(C)C)NCCc1ccco1. The predicted molar refractivity (Wildman–Crippen MR) is 85.6 cm³/mol. The molecule has 6 nitrogen and oxygen atoms in total. The number of guanidine groups is 1. The van der Waals surface area contributed by atoms with E-state index in [1.54, 1.807) is 13.2 Å². The summed E-state index contributed by atoms with van der Waals surface area (Å²) in [6.45, 7) is 6.24. The van der Waals surface area contributed by atoms with Gasteiger partial charge < -0.3 is 25.1 Å². The Morgan fingerprint density at radius 2 is 2.19 bits per heavy atom. The van der Waals surface area contributed by atoms with E-state index in [1.807, 2.05) is 38.1 Å². The molecule has 0 aliphatic carbocycles. The molecule has 1 unspecified atom stereocenters. The second kappa shape index (κ2) is 8.69. The van der Waals surface area contributed by atoms with E-state index in [0.717, 1.165) is 25.3 Å². The Kier molecular flexibility index (Phi) is 7.25. The lowest BCUT2D eigenvalue weighted by atomic mass is 10.1. The number of likely N-dealkylation sites (N-methyl/N-ethyl adjacent to an activating group) is 1. The third-order valence-corrected chi connectivity index (χ3v) is 2.82. The van der Waals surface area contributed by atoms with E-state index in [-0.39, 0.29) is 0 Å². The van der Waals surface area contributed by atoms with Crippen molar-refractivity contribution in [2.75, 3.05) is 40.3 Å². The van der Waals surface area contributed by atoms with Crippen LogP contribution in [0.5, 0.6) is 0 Å². The van der Waals surface area contributed by atoms with Gasteiger partial charge in [0.15, 0.2) is 5.96 Å². The molecule has 120 valence electrons. The van der Waals surface area contributed by atoms with Crippen molar-refractivity contribution in [1.82, 2.24) is 15.5 Å². The minimum absolute atomic E-state index is 0.348. The lowest BCUT2D eigenvalue weighted by Crippen LogP contribution is -2.43. The molecule has 0 aromatic carbocycles. The van der Waals surface area contributed by atoms with Crippen LogP contribution in [0.2, 0.25) is 0 Å². The highest BCUT2D eigenvalue weighted by Crippen LogP contribution is 2.05. The number of hydrogen-bond acceptors (Lipinski definition) is 4. The maximum Gasteiger partial charge on any atom is 0.191 e. The lowest BCUT2D eigenvalue weighted by molar-refractivity contribution is 0.0423. The van der Waals surface area contributed by atoms with Crippen LogP contribution in [-0.4, -0.2) is 61.8 Å². The average molecular weight is 296 g/mol. The van der Waals surface area contributed by atoms with Gasteiger partial charge in [0.25, 0.3) is 0 Å². The van der Waals surface area contributed by atoms with Gasteiger partial charge in [-0.3, -0.25) is 4.99 Å². The van der Waals surface area contributed by atoms with Crippen molar-refractivity contribution >= 4 is 5.96 Å². The van der Waals surface area contributed by atoms with Crippen molar-refractivity contribution in [2.24, 2.45) is 4.99 Å². The summed E-state index contributed by atoms with van der Waals surface area (Å²) in [5.74, 6) is 1.65. The third-order valence-electron chi connectivity index (χ3n) is 2.82. The maximum absolute atomic E-state index is 10.3. The molecular formula is C15H28N4O2. The van der Waals surface area contributed by atoms with Gasteiger partial charge in [0.2, 0.25) is 0 Å². The fourth-order valence-electron chi connectivity index (χ4n) is 2.08. The molecule has 0 saturated heterocycles. The topological polar surface area (TPSA) is 73.0 Å². The molecule has 1 aromatic rings. The van der Waals surface area contributed by atoms with Gasteiger partial charge in [-0.15, -0.1) is 0 Å². The number of rotatable bonds is 8. The minimum Gasteiger partial charge on any atom is -0.469 e. The first kappa shape index (κ1) is 17.5. The molecule has 21 heavy (non-hydrogen) atoms. The Hall–Kier alpha value is -1.53. The Bertz CT molecular complexity index is 413. The molecule has 3 N–H and O–H groups in total. The summed E-state index contributed by atoms with van der Waals surface area (Å²) in [7, 11) is 3.87. The Morgan fingerprint density at radius 1 is 1.43 bits per heavy atom. The second-order valence-corrected chi connectivity index (χ2v) is 5.69. The normalized spacial score (nSPS) is 15.0. The van der Waals surface area contributed by atoms with Crippen molar-refractivity contribution < 1.29 is 9.52 Å². The van der Waals surface area contributed by atoms with Crippen LogP contribution in [-0.2, 0) is 6.42 Å². The molecule has 0 bridgehead atoms. The van der Waals surface area contributed by atoms with Crippen molar-refractivity contribution in [3.8, 4) is 0 Å². The molecule has 1 heterocycles. The molecule has 0 aliphatic heterocycles. The van der Waals surface area contributed by atoms with Gasteiger partial charge in [-0.1, -0.05) is 0 Å². The van der Waals surface area contributed by atoms with E-state index in [1.165, 1.54) is 0 Å². The summed E-state index contributed by atoms with van der Waals surface area (Å²) in [6.07, 6.45) is 2.47. The maximum atomic E-state index is 10.3. The van der Waals surface area contributed by atoms with Crippen molar-refractivity contribution in [1.29, 1.82) is 0 Å². The number of furan rings is 1. The van der Waals surface area contributed by atoms with Crippen LogP contribution in [0.4, 0.5) is 0 Å². The third kappa shape index (κ3) is 7.72. The van der Waals surface area contributed by atoms with Gasteiger partial charge >= 0.3 is 0 Å². The van der Waals surface area contributed by atoms with Gasteiger partial charge in [0, 0.05) is 26.1 Å². The van der Waals surface area contributed by atoms with Gasteiger partial charge in [-0.25, -0.2) is 0 Å². The standard InChI is InChI=1S/C15H28N4O2/c1-5-16-14(17-9-8-13-7-6-10-21-13)18-11-15(2,20)12-19(3)4/h6-7,10,20H,5,8-9,11-12H2,1-4H3,(H2,16,17,18). The molecule has 0 aliphatic rings. The fraction of sp³-hybridized carbons (Fsp3) is 0.667. The Morgan fingerprint density at radius 3 is 2.76 bits per heavy atom. The monoisotopic (exact) mass is 296 g/mol. The predicted octanol–water partition coefficient (Wildman–Crippen LogP) is 0.690. The molecular weight excluding hydrogens is 268 g/mol. The van der Waals surface area contributed by atoms with Crippen LogP contribution in [0.1, 0.15) is 19.6 Å². The van der Waals surface area contributed by atoms with Crippen molar-refractivity contribution in [3.63, 3.8) is 0 Å². The van der Waals surface area contributed by atoms with E-state index in [9.17, 15) is 5.11 Å². The van der Waals surface area contributed by atoms with E-state index in [0.29, 0.717) is 19.0 Å². The number of hydrogen-bond donors (Lipinski definition) is 3. The van der Waals surface area contributed by atoms with Crippen LogP contribution >= 0.6 is 0 Å². The van der Waals surface area contributed by atoms with Crippen LogP contribution in [0.25, 0.3) is 0 Å². The van der Waals surface area contributed by atoms with Crippen LogP contribution < -0.4 is 10.6 Å². The zero-order valence-corrected chi connectivity index (χ0v) is 13.5. The molecule has 0 fully saturated rings. The van der Waals surface area contributed by atoms with Gasteiger partial charge in [0.1, 0.15) is 5.76 Å². The first-order valence-corrected chi connectivity index (χ1v) is 7.34. The van der Waals surface area contributed by atoms with Crippen molar-refractivity contribution in [3.05, 3.63) is 24.2 Å². The van der Waals surface area contributed by atoms with Gasteiger partial charge in [0.05, 0.1) is 18.4 Å². The van der Waals surface area contributed by atoms with E-state index < -0.39 is 5.60 Å². The van der Waals surface area contributed by atoms with Crippen molar-refractivity contribution in [2.45, 2.75) is 25.9 Å². The smallest absolute Gasteiger partial charge is 0.191 e. The summed E-state index contributed by atoms with van der Waals surface area (Å²) < 4.78 is 5.29. The van der Waals surface area contributed by atoms with Gasteiger partial charge in [-0.2, -0.15) is 0 Å². The molecule has 1 aromatic heterocycles. The summed E-state index contributed by atoms with van der Waals surface area (Å²) in [5.41, 5.74) is -0.840. The first-order valence-electron chi connectivity index (χ1n) is 7.34. The molecule has 0 amide bonds. The summed E-state index contributed by atoms with van der Waals surface area (Å²) in [5, 5.41) is 16.7. The number of nitrogens with zero attached hydrogens (tertiary/aromatic N) is 2. The molecule has 0 saturated carbocycles. The van der Waals surface area contributed by atoms with E-state index in [2.05, 4.69) is 15.6 Å². The zero-order chi connectivity index (χ0) is 15.7. The number of nitrogens with one attached hydrogen (secondary N) is 2. The number of aliphatic imine (C=N–C) groups is 1. The van der Waals surface area contributed by atoms with Crippen LogP contribution in [0, 0.1) is 0 Å². The van der Waals surface area contributed by atoms with Crippen LogP contribution in [0.3, 0.4) is 0 Å². The van der Waals surface area contributed by atoms with Gasteiger partial charge in [-0.05, 0) is 40.1 Å². The quantitative estimate of drug-likeness (QED) is 0.486. The fourth-order valence-corrected chi connectivity index (χ4v) is 2.08. The molecule has 0 radical (unpaired) electrons.